The van der Waals surface area contributed by atoms with E-state index in [0.29, 0.717) is 28.1 Å². The van der Waals surface area contributed by atoms with Crippen molar-refractivity contribution >= 4 is 11.1 Å². The van der Waals surface area contributed by atoms with Crippen molar-refractivity contribution in [2.45, 2.75) is 0 Å². The highest BCUT2D eigenvalue weighted by molar-refractivity contribution is 5.79. The fourth-order valence-corrected chi connectivity index (χ4v) is 1.96. The third-order valence-electron chi connectivity index (χ3n) is 2.92. The second-order valence-electron chi connectivity index (χ2n) is 4.11. The zero-order chi connectivity index (χ0) is 14.1. The molecule has 3 rings (SSSR count). The molecule has 6 heteroatoms. The van der Waals surface area contributed by atoms with E-state index in [9.17, 15) is 4.79 Å². The SMILES string of the molecule is COc1cnc(-c2ccc3[nH]c(=O)oc3c2)cc1C#N. The molecule has 1 N–H and O–H groups in total. The monoisotopic (exact) mass is 267 g/mol. The van der Waals surface area contributed by atoms with E-state index >= 15 is 0 Å². The minimum atomic E-state index is -0.502. The van der Waals surface area contributed by atoms with Gasteiger partial charge in [0.2, 0.25) is 0 Å². The number of aromatic amines is 1. The number of rotatable bonds is 2. The van der Waals surface area contributed by atoms with Gasteiger partial charge in [0.15, 0.2) is 11.3 Å². The molecule has 1 aromatic carbocycles. The number of oxazole rings is 1. The minimum Gasteiger partial charge on any atom is -0.494 e. The maximum Gasteiger partial charge on any atom is 0.417 e. The van der Waals surface area contributed by atoms with Crippen LogP contribution in [0.5, 0.6) is 5.75 Å². The number of ether oxygens (including phenoxy) is 1. The van der Waals surface area contributed by atoms with Gasteiger partial charge >= 0.3 is 5.76 Å². The van der Waals surface area contributed by atoms with E-state index in [2.05, 4.69) is 16.0 Å². The summed E-state index contributed by atoms with van der Waals surface area (Å²) in [6.45, 7) is 0. The lowest BCUT2D eigenvalue weighted by molar-refractivity contribution is 0.411. The lowest BCUT2D eigenvalue weighted by Gasteiger charge is -2.05. The fraction of sp³-hybridized carbons (Fsp3) is 0.0714. The predicted molar refractivity (Wildman–Crippen MR) is 71.3 cm³/mol. The van der Waals surface area contributed by atoms with E-state index < -0.39 is 5.76 Å². The standard InChI is InChI=1S/C14H9N3O3/c1-19-13-7-16-11(4-9(13)6-15)8-2-3-10-12(5-8)20-14(18)17-10/h2-5,7H,1H3,(H,17,18). The summed E-state index contributed by atoms with van der Waals surface area (Å²) in [5.74, 6) is -0.0805. The molecule has 0 aliphatic rings. The van der Waals surface area contributed by atoms with Crippen LogP contribution in [0.1, 0.15) is 5.56 Å². The molecule has 0 radical (unpaired) electrons. The number of hydrogen-bond acceptors (Lipinski definition) is 5. The Morgan fingerprint density at radius 1 is 1.40 bits per heavy atom. The fourth-order valence-electron chi connectivity index (χ4n) is 1.96. The van der Waals surface area contributed by atoms with Crippen LogP contribution in [-0.4, -0.2) is 17.1 Å². The van der Waals surface area contributed by atoms with Gasteiger partial charge in [0.25, 0.3) is 0 Å². The molecule has 0 atom stereocenters. The van der Waals surface area contributed by atoms with Crippen LogP contribution >= 0.6 is 0 Å². The van der Waals surface area contributed by atoms with Crippen molar-refractivity contribution in [3.05, 3.63) is 46.6 Å². The number of aromatic nitrogens is 2. The molecule has 3 aromatic rings. The van der Waals surface area contributed by atoms with Crippen molar-refractivity contribution in [3.63, 3.8) is 0 Å². The molecule has 2 heterocycles. The average molecular weight is 267 g/mol. The normalized spacial score (nSPS) is 10.4. The topological polar surface area (TPSA) is 91.9 Å². The number of nitriles is 1. The van der Waals surface area contributed by atoms with Crippen molar-refractivity contribution in [3.8, 4) is 23.1 Å². The smallest absolute Gasteiger partial charge is 0.417 e. The molecule has 98 valence electrons. The van der Waals surface area contributed by atoms with E-state index in [4.69, 9.17) is 14.4 Å². The van der Waals surface area contributed by atoms with Crippen LogP contribution < -0.4 is 10.5 Å². The Bertz CT molecular complexity index is 887. The first-order chi connectivity index (χ1) is 9.71. The van der Waals surface area contributed by atoms with Gasteiger partial charge < -0.3 is 9.15 Å². The molecule has 0 amide bonds. The van der Waals surface area contributed by atoms with Crippen molar-refractivity contribution in [1.29, 1.82) is 5.26 Å². The first kappa shape index (κ1) is 12.0. The lowest BCUT2D eigenvalue weighted by Crippen LogP contribution is -1.92. The van der Waals surface area contributed by atoms with Gasteiger partial charge in [-0.15, -0.1) is 0 Å². The van der Waals surface area contributed by atoms with Gasteiger partial charge in [-0.05, 0) is 18.2 Å². The van der Waals surface area contributed by atoms with Crippen molar-refractivity contribution in [2.24, 2.45) is 0 Å². The van der Waals surface area contributed by atoms with Gasteiger partial charge in [-0.1, -0.05) is 6.07 Å². The molecular weight excluding hydrogens is 258 g/mol. The summed E-state index contributed by atoms with van der Waals surface area (Å²) in [6, 6.07) is 8.91. The van der Waals surface area contributed by atoms with Crippen molar-refractivity contribution in [1.82, 2.24) is 9.97 Å². The summed E-state index contributed by atoms with van der Waals surface area (Å²) in [6.07, 6.45) is 1.49. The molecular formula is C14H9N3O3. The summed E-state index contributed by atoms with van der Waals surface area (Å²) in [4.78, 5) is 17.9. The number of fused-ring (bicyclic) bond motifs is 1. The largest absolute Gasteiger partial charge is 0.494 e. The quantitative estimate of drug-likeness (QED) is 0.767. The number of hydrogen-bond donors (Lipinski definition) is 1. The molecule has 0 saturated carbocycles. The van der Waals surface area contributed by atoms with Crippen molar-refractivity contribution < 1.29 is 9.15 Å². The van der Waals surface area contributed by atoms with E-state index in [1.807, 2.05) is 0 Å². The highest BCUT2D eigenvalue weighted by Gasteiger charge is 2.09. The maximum atomic E-state index is 11.1. The summed E-state index contributed by atoms with van der Waals surface area (Å²) in [5.41, 5.74) is 2.82. The zero-order valence-electron chi connectivity index (χ0n) is 10.5. The highest BCUT2D eigenvalue weighted by atomic mass is 16.5. The molecule has 0 saturated heterocycles. The molecule has 0 aliphatic carbocycles. The Labute approximate surface area is 113 Å². The number of nitrogens with one attached hydrogen (secondary N) is 1. The number of H-pyrrole nitrogens is 1. The van der Waals surface area contributed by atoms with Gasteiger partial charge in [-0.25, -0.2) is 4.79 Å². The van der Waals surface area contributed by atoms with Crippen LogP contribution in [0.25, 0.3) is 22.4 Å². The maximum absolute atomic E-state index is 11.1. The summed E-state index contributed by atoms with van der Waals surface area (Å²) in [5, 5.41) is 9.07. The van der Waals surface area contributed by atoms with Gasteiger partial charge in [-0.2, -0.15) is 5.26 Å². The Morgan fingerprint density at radius 2 is 2.25 bits per heavy atom. The van der Waals surface area contributed by atoms with Gasteiger partial charge in [0.05, 0.1) is 30.1 Å². The third kappa shape index (κ3) is 1.91. The van der Waals surface area contributed by atoms with Crippen LogP contribution in [0.2, 0.25) is 0 Å². The lowest BCUT2D eigenvalue weighted by atomic mass is 10.1. The number of nitrogens with zero attached hydrogens (tertiary/aromatic N) is 2. The molecule has 0 bridgehead atoms. The Morgan fingerprint density at radius 3 is 3.00 bits per heavy atom. The molecule has 0 fully saturated rings. The van der Waals surface area contributed by atoms with E-state index in [0.717, 1.165) is 5.56 Å². The molecule has 0 unspecified atom stereocenters. The Balaban J connectivity index is 2.15. The van der Waals surface area contributed by atoms with E-state index in [-0.39, 0.29) is 0 Å². The average Bonchev–Trinajstić information content (AvgIpc) is 2.85. The van der Waals surface area contributed by atoms with Gasteiger partial charge in [0.1, 0.15) is 6.07 Å². The highest BCUT2D eigenvalue weighted by Crippen LogP contribution is 2.25. The van der Waals surface area contributed by atoms with Gasteiger partial charge in [-0.3, -0.25) is 9.97 Å². The predicted octanol–water partition coefficient (Wildman–Crippen LogP) is 2.06. The second-order valence-corrected chi connectivity index (χ2v) is 4.11. The number of methoxy groups -OCH3 is 1. The molecule has 0 spiro atoms. The molecule has 0 aliphatic heterocycles. The third-order valence-corrected chi connectivity index (χ3v) is 2.92. The summed E-state index contributed by atoms with van der Waals surface area (Å²) >= 11 is 0. The number of pyridine rings is 1. The van der Waals surface area contributed by atoms with E-state index in [1.54, 1.807) is 24.3 Å². The van der Waals surface area contributed by atoms with Gasteiger partial charge in [0, 0.05) is 5.56 Å². The van der Waals surface area contributed by atoms with Crippen LogP contribution in [0.4, 0.5) is 0 Å². The Hall–Kier alpha value is -3.07. The Kier molecular flexibility index (Phi) is 2.73. The number of benzene rings is 1. The van der Waals surface area contributed by atoms with Crippen LogP contribution in [0.3, 0.4) is 0 Å². The zero-order valence-corrected chi connectivity index (χ0v) is 10.5. The first-order valence-electron chi connectivity index (χ1n) is 5.78. The van der Waals surface area contributed by atoms with Crippen LogP contribution in [0.15, 0.2) is 39.7 Å². The first-order valence-corrected chi connectivity index (χ1v) is 5.78. The molecule has 2 aromatic heterocycles. The summed E-state index contributed by atoms with van der Waals surface area (Å²) < 4.78 is 10.1. The molecule has 20 heavy (non-hydrogen) atoms. The van der Waals surface area contributed by atoms with Crippen LogP contribution in [0, 0.1) is 11.3 Å². The van der Waals surface area contributed by atoms with Crippen LogP contribution in [-0.2, 0) is 0 Å². The summed E-state index contributed by atoms with van der Waals surface area (Å²) in [7, 11) is 1.48. The van der Waals surface area contributed by atoms with E-state index in [1.165, 1.54) is 13.3 Å². The molecule has 6 nitrogen and oxygen atoms in total. The van der Waals surface area contributed by atoms with Crippen molar-refractivity contribution in [2.75, 3.05) is 7.11 Å². The second kappa shape index (κ2) is 4.55. The minimum absolute atomic E-state index is 0.396.